The monoisotopic (exact) mass is 608 g/mol. The number of benzene rings is 3. The highest BCUT2D eigenvalue weighted by molar-refractivity contribution is 8.14. The summed E-state index contributed by atoms with van der Waals surface area (Å²) >= 11 is 7.06. The van der Waals surface area contributed by atoms with Crippen molar-refractivity contribution < 1.29 is 22.7 Å². The molecule has 214 valence electrons. The summed E-state index contributed by atoms with van der Waals surface area (Å²) in [5.41, 5.74) is 8.55. The number of ether oxygens (including phenoxy) is 1. The summed E-state index contributed by atoms with van der Waals surface area (Å²) < 4.78 is 42.5. The molecule has 2 aliphatic heterocycles. The quantitative estimate of drug-likeness (QED) is 0.190. The van der Waals surface area contributed by atoms with Gasteiger partial charge in [0.25, 0.3) is 0 Å². The number of hydrogen-bond donors (Lipinski definition) is 1. The number of halogens is 3. The maximum atomic E-state index is 12.4. The molecule has 0 radical (unpaired) electrons. The zero-order valence-electron chi connectivity index (χ0n) is 22.1. The molecule has 2 aliphatic rings. The number of allylic oxidation sites excluding steroid dienone is 1. The van der Waals surface area contributed by atoms with E-state index in [2.05, 4.69) is 55.3 Å². The second-order valence-electron chi connectivity index (χ2n) is 9.47. The van der Waals surface area contributed by atoms with E-state index in [-0.39, 0.29) is 17.5 Å². The van der Waals surface area contributed by atoms with Gasteiger partial charge in [0, 0.05) is 22.9 Å². The molecule has 42 heavy (non-hydrogen) atoms. The van der Waals surface area contributed by atoms with Gasteiger partial charge in [-0.25, -0.2) is 15.1 Å². The number of aliphatic imine (C=N–C) groups is 1. The van der Waals surface area contributed by atoms with Gasteiger partial charge in [0.05, 0.1) is 18.0 Å². The molecule has 1 fully saturated rings. The van der Waals surface area contributed by atoms with Gasteiger partial charge in [0.15, 0.2) is 11.0 Å². The first kappa shape index (κ1) is 27.9. The maximum Gasteiger partial charge on any atom is 0.573 e. The second-order valence-corrected chi connectivity index (χ2v) is 10.8. The normalized spacial score (nSPS) is 17.0. The van der Waals surface area contributed by atoms with E-state index in [1.807, 2.05) is 36.4 Å². The summed E-state index contributed by atoms with van der Waals surface area (Å²) in [4.78, 5) is 16.7. The molecular formula is C29H23F3N6O2S2. The molecule has 0 amide bonds. The molecule has 1 N–H and O–H groups in total. The number of para-hydroxylation sites is 1. The number of nitrogens with zero attached hydrogens (tertiary/aromatic N) is 5. The first-order valence-corrected chi connectivity index (χ1v) is 14.2. The molecule has 1 atom stereocenters. The van der Waals surface area contributed by atoms with Crippen molar-refractivity contribution in [3.8, 4) is 22.8 Å². The summed E-state index contributed by atoms with van der Waals surface area (Å²) in [6.07, 6.45) is -0.989. The lowest BCUT2D eigenvalue weighted by atomic mass is 9.94. The Morgan fingerprint density at radius 3 is 2.62 bits per heavy atom. The first-order valence-electron chi connectivity index (χ1n) is 12.8. The maximum absolute atomic E-state index is 12.4. The number of amidine groups is 1. The van der Waals surface area contributed by atoms with Gasteiger partial charge >= 0.3 is 6.36 Å². The Bertz CT molecular complexity index is 1670. The van der Waals surface area contributed by atoms with E-state index in [4.69, 9.17) is 17.1 Å². The Balaban J connectivity index is 1.04. The van der Waals surface area contributed by atoms with E-state index in [9.17, 15) is 13.2 Å². The van der Waals surface area contributed by atoms with Gasteiger partial charge in [-0.3, -0.25) is 9.74 Å². The fourth-order valence-corrected chi connectivity index (χ4v) is 5.87. The predicted molar refractivity (Wildman–Crippen MR) is 159 cm³/mol. The third-order valence-electron chi connectivity index (χ3n) is 6.57. The van der Waals surface area contributed by atoms with Crippen molar-refractivity contribution in [1.29, 1.82) is 0 Å². The molecule has 3 heterocycles. The number of fused-ring (bicyclic) bond motifs is 3. The Morgan fingerprint density at radius 2 is 1.86 bits per heavy atom. The van der Waals surface area contributed by atoms with Crippen molar-refractivity contribution >= 4 is 39.9 Å². The van der Waals surface area contributed by atoms with Crippen LogP contribution in [-0.4, -0.2) is 37.2 Å². The number of thiocarbonyl (C=S) groups is 1. The van der Waals surface area contributed by atoms with Crippen molar-refractivity contribution in [1.82, 2.24) is 20.2 Å². The minimum absolute atomic E-state index is 0.235. The van der Waals surface area contributed by atoms with Crippen LogP contribution in [0.2, 0.25) is 0 Å². The summed E-state index contributed by atoms with van der Waals surface area (Å²) in [7, 11) is 0. The molecule has 0 aliphatic carbocycles. The van der Waals surface area contributed by atoms with Gasteiger partial charge < -0.3 is 4.74 Å². The zero-order valence-corrected chi connectivity index (χ0v) is 23.7. The van der Waals surface area contributed by atoms with Gasteiger partial charge in [-0.15, -0.1) is 18.3 Å². The molecule has 3 aromatic carbocycles. The van der Waals surface area contributed by atoms with Crippen molar-refractivity contribution in [2.75, 3.05) is 10.7 Å². The van der Waals surface area contributed by atoms with Crippen molar-refractivity contribution in [3.63, 3.8) is 0 Å². The minimum atomic E-state index is -4.74. The third-order valence-corrected chi connectivity index (χ3v) is 7.72. The van der Waals surface area contributed by atoms with E-state index < -0.39 is 6.36 Å². The van der Waals surface area contributed by atoms with Crippen LogP contribution in [0.4, 0.5) is 18.9 Å². The smallest absolute Gasteiger partial charge is 0.406 e. The van der Waals surface area contributed by atoms with Gasteiger partial charge in [0.1, 0.15) is 12.1 Å². The van der Waals surface area contributed by atoms with E-state index >= 15 is 0 Å². The van der Waals surface area contributed by atoms with E-state index in [1.54, 1.807) is 11.8 Å². The number of thioether (sulfide) groups is 1. The van der Waals surface area contributed by atoms with Gasteiger partial charge in [-0.2, -0.15) is 4.99 Å². The van der Waals surface area contributed by atoms with Crippen LogP contribution in [0.3, 0.4) is 0 Å². The minimum Gasteiger partial charge on any atom is -0.406 e. The average molecular weight is 609 g/mol. The average Bonchev–Trinajstić information content (AvgIpc) is 3.61. The third kappa shape index (κ3) is 6.17. The van der Waals surface area contributed by atoms with Crippen LogP contribution in [0.15, 0.2) is 95.9 Å². The number of nitrogens with one attached hydrogen (secondary N) is 1. The van der Waals surface area contributed by atoms with Gasteiger partial charge in [0.2, 0.25) is 5.11 Å². The van der Waals surface area contributed by atoms with Crippen molar-refractivity contribution in [2.24, 2.45) is 4.99 Å². The lowest BCUT2D eigenvalue weighted by Gasteiger charge is -2.29. The van der Waals surface area contributed by atoms with Crippen LogP contribution in [0.25, 0.3) is 17.1 Å². The number of aromatic nitrogens is 3. The number of rotatable bonds is 6. The number of hydroxylamine groups is 1. The van der Waals surface area contributed by atoms with Crippen LogP contribution >= 0.6 is 24.0 Å². The van der Waals surface area contributed by atoms with Crippen LogP contribution in [0, 0.1) is 0 Å². The largest absolute Gasteiger partial charge is 0.573 e. The standard InChI is InChI=1S/C29H23F3N6O2S2/c1-18-14-22-16-42-28(38(22)25-5-3-2-4-24(18)25)34-27(41)36-39-15-19-6-8-20(9-7-19)26-33-17-37(35-26)21-10-12-23(13-11-21)40-29(30,31)32/h2-14,17-18H,15-16H2,1H3,(H,36,41)/b34-28-. The zero-order chi connectivity index (χ0) is 29.3. The van der Waals surface area contributed by atoms with E-state index in [1.165, 1.54) is 46.5 Å². The summed E-state index contributed by atoms with van der Waals surface area (Å²) in [5, 5.41) is 5.47. The Kier molecular flexibility index (Phi) is 7.71. The molecular weight excluding hydrogens is 585 g/mol. The SMILES string of the molecule is CC1C=C2CS/C(=N\C(=S)NOCc3ccc(-c4ncn(-c5ccc(OC(F)(F)F)cc5)n4)cc3)N2c2ccccc21. The molecule has 13 heteroatoms. The Hall–Kier alpha value is -4.20. The lowest BCUT2D eigenvalue weighted by molar-refractivity contribution is -0.274. The van der Waals surface area contributed by atoms with Crippen molar-refractivity contribution in [2.45, 2.75) is 25.8 Å². The molecule has 6 rings (SSSR count). The molecule has 8 nitrogen and oxygen atoms in total. The van der Waals surface area contributed by atoms with Crippen LogP contribution in [-0.2, 0) is 11.4 Å². The summed E-state index contributed by atoms with van der Waals surface area (Å²) in [6, 6.07) is 21.2. The number of hydrogen-bond acceptors (Lipinski definition) is 6. The number of alkyl halides is 3. The summed E-state index contributed by atoms with van der Waals surface area (Å²) in [6.45, 7) is 2.45. The topological polar surface area (TPSA) is 76.8 Å². The molecule has 1 unspecified atom stereocenters. The number of anilines is 1. The fourth-order valence-electron chi connectivity index (χ4n) is 4.67. The lowest BCUT2D eigenvalue weighted by Crippen LogP contribution is -2.29. The summed E-state index contributed by atoms with van der Waals surface area (Å²) in [5.74, 6) is 1.34. The van der Waals surface area contributed by atoms with Crippen LogP contribution in [0.5, 0.6) is 5.75 Å². The van der Waals surface area contributed by atoms with Crippen molar-refractivity contribution in [3.05, 3.63) is 102 Å². The van der Waals surface area contributed by atoms with Gasteiger partial charge in [-0.05, 0) is 53.7 Å². The molecule has 0 saturated carbocycles. The van der Waals surface area contributed by atoms with E-state index in [0.717, 1.165) is 27.7 Å². The van der Waals surface area contributed by atoms with Crippen LogP contribution < -0.4 is 15.1 Å². The molecule has 4 aromatic rings. The fraction of sp³-hybridized carbons (Fsp3) is 0.172. The molecule has 1 saturated heterocycles. The van der Waals surface area contributed by atoms with Gasteiger partial charge in [-0.1, -0.05) is 67.2 Å². The first-order chi connectivity index (χ1) is 20.2. The Morgan fingerprint density at radius 1 is 1.10 bits per heavy atom. The Labute approximate surface area is 248 Å². The molecule has 0 spiro atoms. The highest BCUT2D eigenvalue weighted by Crippen LogP contribution is 2.42. The highest BCUT2D eigenvalue weighted by Gasteiger charge is 2.33. The van der Waals surface area contributed by atoms with E-state index in [0.29, 0.717) is 17.4 Å². The van der Waals surface area contributed by atoms with Crippen LogP contribution in [0.1, 0.15) is 24.0 Å². The molecule has 0 bridgehead atoms. The second kappa shape index (κ2) is 11.6. The molecule has 1 aromatic heterocycles. The highest BCUT2D eigenvalue weighted by atomic mass is 32.2. The predicted octanol–water partition coefficient (Wildman–Crippen LogP) is 6.75.